The van der Waals surface area contributed by atoms with Gasteiger partial charge in [-0.1, -0.05) is 77.4 Å². The molecule has 0 aliphatic heterocycles. The molecule has 0 bridgehead atoms. The molecule has 25 heavy (non-hydrogen) atoms. The molecule has 0 saturated carbocycles. The van der Waals surface area contributed by atoms with Gasteiger partial charge < -0.3 is 10.0 Å². The van der Waals surface area contributed by atoms with Crippen LogP contribution in [0.25, 0.3) is 11.1 Å². The minimum Gasteiger partial charge on any atom is -0.423 e. The van der Waals surface area contributed by atoms with Crippen molar-refractivity contribution in [2.75, 3.05) is 0 Å². The Morgan fingerprint density at radius 1 is 0.880 bits per heavy atom. The molecule has 0 saturated heterocycles. The van der Waals surface area contributed by atoms with Crippen LogP contribution in [-0.4, -0.2) is 17.2 Å². The van der Waals surface area contributed by atoms with Crippen LogP contribution in [0.3, 0.4) is 0 Å². The summed E-state index contributed by atoms with van der Waals surface area (Å²) < 4.78 is 0. The number of hydrogen-bond acceptors (Lipinski definition) is 2. The molecule has 2 aromatic rings. The molecule has 0 spiro atoms. The first kappa shape index (κ1) is 18.5. The number of fused-ring (bicyclic) bond motifs is 3. The van der Waals surface area contributed by atoms with Gasteiger partial charge in [-0.15, -0.1) is 0 Å². The van der Waals surface area contributed by atoms with E-state index >= 15 is 0 Å². The second-order valence-electron chi connectivity index (χ2n) is 9.08. The Balaban J connectivity index is 2.58. The summed E-state index contributed by atoms with van der Waals surface area (Å²) in [5, 5.41) is 20.9. The van der Waals surface area contributed by atoms with Gasteiger partial charge in [-0.05, 0) is 50.7 Å². The van der Waals surface area contributed by atoms with E-state index in [2.05, 4.69) is 59.7 Å². The van der Waals surface area contributed by atoms with Crippen molar-refractivity contribution in [3.8, 4) is 11.1 Å². The Morgan fingerprint density at radius 2 is 1.48 bits per heavy atom. The molecule has 0 atom stereocenters. The van der Waals surface area contributed by atoms with E-state index in [0.29, 0.717) is 10.5 Å². The molecular formula is C21H26BClO2. The van der Waals surface area contributed by atoms with Crippen LogP contribution in [-0.2, 0) is 5.41 Å². The lowest BCUT2D eigenvalue weighted by molar-refractivity contribution is 0.0957. The predicted molar refractivity (Wildman–Crippen MR) is 106 cm³/mol. The number of halogens is 1. The standard InChI is InChI=1S/C21H26BClO2/c1-19(2,3)21(20(4,5)6)16-12-13(23)10-11-14(16)15-8-7-9-17(18(15)21)22(24)25/h7-12,24-25H,1-6H3. The van der Waals surface area contributed by atoms with Crippen molar-refractivity contribution in [3.63, 3.8) is 0 Å². The van der Waals surface area contributed by atoms with Crippen LogP contribution in [0.2, 0.25) is 5.02 Å². The van der Waals surface area contributed by atoms with Crippen LogP contribution in [0, 0.1) is 10.8 Å². The van der Waals surface area contributed by atoms with Gasteiger partial charge in [-0.3, -0.25) is 0 Å². The fraction of sp³-hybridized carbons (Fsp3) is 0.429. The Labute approximate surface area is 156 Å². The van der Waals surface area contributed by atoms with E-state index < -0.39 is 12.5 Å². The Kier molecular flexibility index (Phi) is 4.15. The summed E-state index contributed by atoms with van der Waals surface area (Å²) in [6.45, 7) is 13.3. The molecule has 0 aromatic heterocycles. The Hall–Kier alpha value is -1.29. The van der Waals surface area contributed by atoms with Crippen LogP contribution < -0.4 is 5.46 Å². The molecule has 0 unspecified atom stereocenters. The third-order valence-electron chi connectivity index (χ3n) is 5.68. The molecule has 132 valence electrons. The molecular weight excluding hydrogens is 330 g/mol. The van der Waals surface area contributed by atoms with E-state index in [4.69, 9.17) is 11.6 Å². The van der Waals surface area contributed by atoms with Gasteiger partial charge in [0.05, 0.1) is 0 Å². The second-order valence-corrected chi connectivity index (χ2v) is 9.52. The smallest absolute Gasteiger partial charge is 0.423 e. The minimum absolute atomic E-state index is 0.166. The number of benzene rings is 2. The first-order valence-electron chi connectivity index (χ1n) is 8.73. The molecule has 0 amide bonds. The van der Waals surface area contributed by atoms with E-state index in [9.17, 15) is 10.0 Å². The maximum Gasteiger partial charge on any atom is 0.488 e. The highest BCUT2D eigenvalue weighted by Gasteiger charge is 2.58. The molecule has 1 aliphatic carbocycles. The average Bonchev–Trinajstić information content (AvgIpc) is 2.76. The van der Waals surface area contributed by atoms with Crippen LogP contribution in [0.15, 0.2) is 36.4 Å². The molecule has 1 aliphatic rings. The summed E-state index contributed by atoms with van der Waals surface area (Å²) in [6, 6.07) is 11.8. The SMILES string of the molecule is CC(C)(C)C1(C(C)(C)C)c2cc(Cl)ccc2-c2cccc(B(O)O)c21. The van der Waals surface area contributed by atoms with E-state index in [1.54, 1.807) is 0 Å². The summed E-state index contributed by atoms with van der Waals surface area (Å²) in [6.07, 6.45) is 0. The fourth-order valence-electron chi connectivity index (χ4n) is 5.31. The first-order valence-corrected chi connectivity index (χ1v) is 9.10. The van der Waals surface area contributed by atoms with Crippen LogP contribution in [0.5, 0.6) is 0 Å². The van der Waals surface area contributed by atoms with Crippen LogP contribution >= 0.6 is 11.6 Å². The van der Waals surface area contributed by atoms with Crippen molar-refractivity contribution >= 4 is 24.2 Å². The molecule has 4 heteroatoms. The highest BCUT2D eigenvalue weighted by molar-refractivity contribution is 6.59. The van der Waals surface area contributed by atoms with Gasteiger partial charge in [0.1, 0.15) is 0 Å². The van der Waals surface area contributed by atoms with Gasteiger partial charge in [-0.2, -0.15) is 0 Å². The van der Waals surface area contributed by atoms with Crippen molar-refractivity contribution in [3.05, 3.63) is 52.5 Å². The highest BCUT2D eigenvalue weighted by atomic mass is 35.5. The topological polar surface area (TPSA) is 40.5 Å². The van der Waals surface area contributed by atoms with Gasteiger partial charge in [0, 0.05) is 10.4 Å². The predicted octanol–water partition coefficient (Wildman–Crippen LogP) is 4.38. The summed E-state index contributed by atoms with van der Waals surface area (Å²) in [4.78, 5) is 0. The number of hydrogen-bond donors (Lipinski definition) is 2. The van der Waals surface area contributed by atoms with E-state index in [1.165, 1.54) is 5.56 Å². The number of rotatable bonds is 1. The van der Waals surface area contributed by atoms with Crippen LogP contribution in [0.4, 0.5) is 0 Å². The monoisotopic (exact) mass is 356 g/mol. The molecule has 0 heterocycles. The van der Waals surface area contributed by atoms with Gasteiger partial charge in [0.15, 0.2) is 0 Å². The third kappa shape index (κ3) is 2.40. The maximum atomic E-state index is 10.1. The zero-order valence-electron chi connectivity index (χ0n) is 15.8. The summed E-state index contributed by atoms with van der Waals surface area (Å²) in [7, 11) is -1.51. The van der Waals surface area contributed by atoms with Crippen LogP contribution in [0.1, 0.15) is 52.7 Å². The second kappa shape index (κ2) is 5.60. The fourth-order valence-corrected chi connectivity index (χ4v) is 5.48. The lowest BCUT2D eigenvalue weighted by atomic mass is 9.48. The van der Waals surface area contributed by atoms with Gasteiger partial charge in [0.2, 0.25) is 0 Å². The lowest BCUT2D eigenvalue weighted by Gasteiger charge is -2.53. The quantitative estimate of drug-likeness (QED) is 0.744. The molecule has 2 nitrogen and oxygen atoms in total. The molecule has 3 rings (SSSR count). The summed E-state index contributed by atoms with van der Waals surface area (Å²) >= 11 is 6.40. The lowest BCUT2D eigenvalue weighted by Crippen LogP contribution is -2.53. The highest BCUT2D eigenvalue weighted by Crippen LogP contribution is 2.64. The van der Waals surface area contributed by atoms with E-state index in [1.807, 2.05) is 18.2 Å². The molecule has 0 radical (unpaired) electrons. The molecule has 2 aromatic carbocycles. The van der Waals surface area contributed by atoms with Crippen molar-refractivity contribution in [2.45, 2.75) is 47.0 Å². The van der Waals surface area contributed by atoms with Crippen molar-refractivity contribution < 1.29 is 10.0 Å². The zero-order valence-corrected chi connectivity index (χ0v) is 16.6. The largest absolute Gasteiger partial charge is 0.488 e. The Bertz CT molecular complexity index is 815. The minimum atomic E-state index is -1.51. The summed E-state index contributed by atoms with van der Waals surface area (Å²) in [5.41, 5.74) is 4.23. The van der Waals surface area contributed by atoms with Crippen molar-refractivity contribution in [1.82, 2.24) is 0 Å². The maximum absolute atomic E-state index is 10.1. The third-order valence-corrected chi connectivity index (χ3v) is 5.91. The molecule has 0 fully saturated rings. The van der Waals surface area contributed by atoms with Gasteiger partial charge >= 0.3 is 7.12 Å². The van der Waals surface area contributed by atoms with Crippen molar-refractivity contribution in [2.24, 2.45) is 10.8 Å². The van der Waals surface area contributed by atoms with Gasteiger partial charge in [-0.25, -0.2) is 0 Å². The van der Waals surface area contributed by atoms with E-state index in [-0.39, 0.29) is 10.8 Å². The Morgan fingerprint density at radius 3 is 2.00 bits per heavy atom. The van der Waals surface area contributed by atoms with Gasteiger partial charge in [0.25, 0.3) is 0 Å². The van der Waals surface area contributed by atoms with Crippen molar-refractivity contribution in [1.29, 1.82) is 0 Å². The van der Waals surface area contributed by atoms with E-state index in [0.717, 1.165) is 16.7 Å². The molecule has 2 N–H and O–H groups in total. The first-order chi connectivity index (χ1) is 11.4. The zero-order chi connectivity index (χ0) is 18.8. The normalized spacial score (nSPS) is 15.7. The average molecular weight is 357 g/mol. The summed E-state index contributed by atoms with van der Waals surface area (Å²) in [5.74, 6) is 0.